The third kappa shape index (κ3) is 1.36. The number of hydrogen-bond donors (Lipinski definition) is 1. The van der Waals surface area contributed by atoms with Crippen molar-refractivity contribution in [2.75, 3.05) is 0 Å². The Bertz CT molecular complexity index is 471. The molecule has 0 fully saturated rings. The van der Waals surface area contributed by atoms with Crippen LogP contribution in [0.2, 0.25) is 0 Å². The predicted molar refractivity (Wildman–Crippen MR) is 62.6 cm³/mol. The first-order valence-corrected chi connectivity index (χ1v) is 5.53. The summed E-state index contributed by atoms with van der Waals surface area (Å²) in [5.41, 5.74) is 3.54. The van der Waals surface area contributed by atoms with E-state index in [9.17, 15) is 0 Å². The minimum absolute atomic E-state index is 0.480. The van der Waals surface area contributed by atoms with Crippen molar-refractivity contribution in [3.05, 3.63) is 27.9 Å². The van der Waals surface area contributed by atoms with E-state index in [0.29, 0.717) is 5.92 Å². The zero-order chi connectivity index (χ0) is 10.3. The highest BCUT2D eigenvalue weighted by atomic mass is 79.9. The standard InChI is InChI=1S/C11H13BrN2/c1-6(2)11-10-7(3)8(12)4-5-9(10)13-14-11/h4-6H,1-3H3,(H,13,14). The van der Waals surface area contributed by atoms with Crippen molar-refractivity contribution in [2.45, 2.75) is 26.7 Å². The average Bonchev–Trinajstić information content (AvgIpc) is 2.55. The van der Waals surface area contributed by atoms with Gasteiger partial charge in [0, 0.05) is 15.6 Å². The monoisotopic (exact) mass is 252 g/mol. The summed E-state index contributed by atoms with van der Waals surface area (Å²) in [5, 5.41) is 8.67. The molecule has 0 amide bonds. The molecule has 0 spiro atoms. The summed E-state index contributed by atoms with van der Waals surface area (Å²) in [6.45, 7) is 6.47. The lowest BCUT2D eigenvalue weighted by Crippen LogP contribution is -1.89. The number of aromatic amines is 1. The molecule has 0 saturated carbocycles. The van der Waals surface area contributed by atoms with Crippen molar-refractivity contribution in [1.29, 1.82) is 0 Å². The molecule has 0 atom stereocenters. The summed E-state index contributed by atoms with van der Waals surface area (Å²) in [5.74, 6) is 0.480. The molecule has 0 radical (unpaired) electrons. The molecule has 0 aliphatic rings. The summed E-state index contributed by atoms with van der Waals surface area (Å²) >= 11 is 3.54. The van der Waals surface area contributed by atoms with Gasteiger partial charge in [0.25, 0.3) is 0 Å². The normalized spacial score (nSPS) is 11.5. The van der Waals surface area contributed by atoms with E-state index in [1.807, 2.05) is 12.1 Å². The van der Waals surface area contributed by atoms with Gasteiger partial charge in [-0.3, -0.25) is 5.10 Å². The summed E-state index contributed by atoms with van der Waals surface area (Å²) in [6.07, 6.45) is 0. The van der Waals surface area contributed by atoms with Crippen LogP contribution < -0.4 is 0 Å². The second-order valence-corrected chi connectivity index (χ2v) is 4.71. The van der Waals surface area contributed by atoms with Gasteiger partial charge in [-0.05, 0) is 30.5 Å². The molecule has 2 rings (SSSR count). The van der Waals surface area contributed by atoms with Gasteiger partial charge in [0.05, 0.1) is 5.52 Å². The molecule has 0 bridgehead atoms. The van der Waals surface area contributed by atoms with E-state index in [1.54, 1.807) is 0 Å². The third-order valence-corrected chi connectivity index (χ3v) is 3.38. The molecule has 0 aliphatic carbocycles. The fourth-order valence-electron chi connectivity index (χ4n) is 1.70. The smallest absolute Gasteiger partial charge is 0.0927 e. The van der Waals surface area contributed by atoms with E-state index in [0.717, 1.165) is 9.99 Å². The highest BCUT2D eigenvalue weighted by Gasteiger charge is 2.12. The van der Waals surface area contributed by atoms with E-state index in [-0.39, 0.29) is 0 Å². The number of nitrogens with zero attached hydrogens (tertiary/aromatic N) is 1. The van der Waals surface area contributed by atoms with Crippen molar-refractivity contribution < 1.29 is 0 Å². The summed E-state index contributed by atoms with van der Waals surface area (Å²) in [4.78, 5) is 0. The molecule has 74 valence electrons. The molecule has 2 aromatic rings. The second-order valence-electron chi connectivity index (χ2n) is 3.86. The maximum Gasteiger partial charge on any atom is 0.0927 e. The minimum Gasteiger partial charge on any atom is -0.281 e. The molecule has 3 heteroatoms. The number of aromatic nitrogens is 2. The van der Waals surface area contributed by atoms with Crippen LogP contribution in [0.15, 0.2) is 16.6 Å². The van der Waals surface area contributed by atoms with Gasteiger partial charge in [-0.15, -0.1) is 0 Å². The fraction of sp³-hybridized carbons (Fsp3) is 0.364. The number of nitrogens with one attached hydrogen (secondary N) is 1. The Balaban J connectivity index is 2.82. The van der Waals surface area contributed by atoms with E-state index in [4.69, 9.17) is 0 Å². The lowest BCUT2D eigenvalue weighted by Gasteiger charge is -2.05. The summed E-state index contributed by atoms with van der Waals surface area (Å²) < 4.78 is 1.15. The Morgan fingerprint density at radius 3 is 2.71 bits per heavy atom. The van der Waals surface area contributed by atoms with Gasteiger partial charge in [0.2, 0.25) is 0 Å². The SMILES string of the molecule is Cc1c(Br)ccc2n[nH]c(C(C)C)c12. The highest BCUT2D eigenvalue weighted by molar-refractivity contribution is 9.10. The number of hydrogen-bond acceptors (Lipinski definition) is 1. The number of fused-ring (bicyclic) bond motifs is 1. The van der Waals surface area contributed by atoms with Gasteiger partial charge < -0.3 is 0 Å². The van der Waals surface area contributed by atoms with Crippen LogP contribution in [0.25, 0.3) is 10.9 Å². The largest absolute Gasteiger partial charge is 0.281 e. The Kier molecular flexibility index (Phi) is 2.35. The van der Waals surface area contributed by atoms with Crippen LogP contribution in [0.3, 0.4) is 0 Å². The van der Waals surface area contributed by atoms with Crippen molar-refractivity contribution in [3.63, 3.8) is 0 Å². The topological polar surface area (TPSA) is 28.7 Å². The molecule has 1 aromatic heterocycles. The quantitative estimate of drug-likeness (QED) is 0.823. The number of aryl methyl sites for hydroxylation is 1. The fourth-order valence-corrected chi connectivity index (χ4v) is 2.03. The van der Waals surface area contributed by atoms with Crippen molar-refractivity contribution >= 4 is 26.8 Å². The number of benzene rings is 1. The van der Waals surface area contributed by atoms with Gasteiger partial charge in [-0.1, -0.05) is 29.8 Å². The number of H-pyrrole nitrogens is 1. The van der Waals surface area contributed by atoms with E-state index in [1.165, 1.54) is 16.6 Å². The second kappa shape index (κ2) is 3.39. The van der Waals surface area contributed by atoms with Crippen molar-refractivity contribution in [1.82, 2.24) is 10.2 Å². The minimum atomic E-state index is 0.480. The zero-order valence-electron chi connectivity index (χ0n) is 8.56. The molecule has 1 heterocycles. The Morgan fingerprint density at radius 1 is 1.36 bits per heavy atom. The van der Waals surface area contributed by atoms with Crippen LogP contribution in [0, 0.1) is 6.92 Å². The summed E-state index contributed by atoms with van der Waals surface area (Å²) in [7, 11) is 0. The Morgan fingerprint density at radius 2 is 2.07 bits per heavy atom. The predicted octanol–water partition coefficient (Wildman–Crippen LogP) is 3.76. The Hall–Kier alpha value is -0.830. The van der Waals surface area contributed by atoms with E-state index < -0.39 is 0 Å². The molecule has 0 saturated heterocycles. The van der Waals surface area contributed by atoms with Crippen LogP contribution >= 0.6 is 15.9 Å². The van der Waals surface area contributed by atoms with E-state index in [2.05, 4.69) is 46.9 Å². The lowest BCUT2D eigenvalue weighted by molar-refractivity contribution is 0.817. The molecule has 1 aromatic carbocycles. The van der Waals surface area contributed by atoms with Crippen molar-refractivity contribution in [2.24, 2.45) is 0 Å². The van der Waals surface area contributed by atoms with Crippen LogP contribution in [-0.2, 0) is 0 Å². The van der Waals surface area contributed by atoms with Crippen molar-refractivity contribution in [3.8, 4) is 0 Å². The van der Waals surface area contributed by atoms with Crippen LogP contribution in [0.4, 0.5) is 0 Å². The van der Waals surface area contributed by atoms with Crippen LogP contribution in [0.1, 0.15) is 31.0 Å². The van der Waals surface area contributed by atoms with Gasteiger partial charge in [-0.2, -0.15) is 5.10 Å². The first-order chi connectivity index (χ1) is 6.61. The summed E-state index contributed by atoms with van der Waals surface area (Å²) in [6, 6.07) is 4.08. The van der Waals surface area contributed by atoms with Gasteiger partial charge >= 0.3 is 0 Å². The molecular weight excluding hydrogens is 240 g/mol. The zero-order valence-corrected chi connectivity index (χ0v) is 10.1. The number of halogens is 1. The molecule has 2 nitrogen and oxygen atoms in total. The molecular formula is C11H13BrN2. The maximum atomic E-state index is 4.30. The van der Waals surface area contributed by atoms with E-state index >= 15 is 0 Å². The van der Waals surface area contributed by atoms with Gasteiger partial charge in [0.1, 0.15) is 0 Å². The van der Waals surface area contributed by atoms with Gasteiger partial charge in [0.15, 0.2) is 0 Å². The molecule has 1 N–H and O–H groups in total. The third-order valence-electron chi connectivity index (χ3n) is 2.52. The maximum absolute atomic E-state index is 4.30. The molecule has 14 heavy (non-hydrogen) atoms. The van der Waals surface area contributed by atoms with Crippen LogP contribution in [-0.4, -0.2) is 10.2 Å². The lowest BCUT2D eigenvalue weighted by atomic mass is 10.0. The molecule has 0 aliphatic heterocycles. The first-order valence-electron chi connectivity index (χ1n) is 4.74. The number of rotatable bonds is 1. The highest BCUT2D eigenvalue weighted by Crippen LogP contribution is 2.30. The first kappa shape index (κ1) is 9.71. The molecule has 0 unspecified atom stereocenters. The van der Waals surface area contributed by atoms with Gasteiger partial charge in [-0.25, -0.2) is 0 Å². The average molecular weight is 253 g/mol. The Labute approximate surface area is 91.8 Å². The van der Waals surface area contributed by atoms with Crippen LogP contribution in [0.5, 0.6) is 0 Å².